The number of phosphoric acid groups is 1. The van der Waals surface area contributed by atoms with Crippen LogP contribution >= 0.6 is 7.82 Å². The maximum Gasteiger partial charge on any atom is 0.472 e. The van der Waals surface area contributed by atoms with E-state index in [4.69, 9.17) is 4.74 Å². The molecule has 0 saturated heterocycles. The van der Waals surface area contributed by atoms with Gasteiger partial charge in [0.2, 0.25) is 5.91 Å². The third-order valence-electron chi connectivity index (χ3n) is 5.81. The minimum Gasteiger partial charge on any atom is -0.463 e. The van der Waals surface area contributed by atoms with E-state index in [9.17, 15) is 24.2 Å². The summed E-state index contributed by atoms with van der Waals surface area (Å²) >= 11 is 0. The number of hydrogen-bond donors (Lipinski definition) is 3. The molecule has 0 aromatic heterocycles. The van der Waals surface area contributed by atoms with Crippen LogP contribution in [0.15, 0.2) is 48.6 Å². The van der Waals surface area contributed by atoms with Crippen molar-refractivity contribution >= 4 is 19.7 Å². The number of allylic oxidation sites excluding steroid dienone is 8. The van der Waals surface area contributed by atoms with Gasteiger partial charge in [-0.1, -0.05) is 87.6 Å². The highest BCUT2D eigenvalue weighted by Gasteiger charge is 2.23. The van der Waals surface area contributed by atoms with Gasteiger partial charge in [-0.15, -0.1) is 0 Å². The maximum atomic E-state index is 11.8. The molecule has 0 aromatic carbocycles. The first-order valence-corrected chi connectivity index (χ1v) is 16.6. The molecule has 1 amide bonds. The number of amides is 1. The molecule has 0 heterocycles. The molecule has 0 aromatic rings. The second-order valence-corrected chi connectivity index (χ2v) is 11.3. The lowest BCUT2D eigenvalue weighted by Crippen LogP contribution is -2.25. The fourth-order valence-corrected chi connectivity index (χ4v) is 4.29. The molecule has 0 bridgehead atoms. The van der Waals surface area contributed by atoms with Crippen molar-refractivity contribution in [3.63, 3.8) is 0 Å². The molecule has 41 heavy (non-hydrogen) atoms. The van der Waals surface area contributed by atoms with Crippen LogP contribution in [0, 0.1) is 0 Å². The molecular weight excluding hydrogens is 545 g/mol. The Morgan fingerprint density at radius 2 is 1.32 bits per heavy atom. The molecule has 0 fully saturated rings. The van der Waals surface area contributed by atoms with Crippen LogP contribution in [-0.2, 0) is 27.9 Å². The van der Waals surface area contributed by atoms with Gasteiger partial charge in [0, 0.05) is 19.9 Å². The van der Waals surface area contributed by atoms with E-state index < -0.39 is 26.5 Å². The van der Waals surface area contributed by atoms with Crippen LogP contribution in [0.2, 0.25) is 0 Å². The van der Waals surface area contributed by atoms with Gasteiger partial charge in [0.1, 0.15) is 12.7 Å². The Balaban J connectivity index is 3.61. The molecule has 3 N–H and O–H groups in total. The molecule has 0 saturated carbocycles. The van der Waals surface area contributed by atoms with Crippen molar-refractivity contribution in [1.29, 1.82) is 0 Å². The summed E-state index contributed by atoms with van der Waals surface area (Å²) in [5, 5.41) is 12.2. The summed E-state index contributed by atoms with van der Waals surface area (Å²) in [6.45, 7) is 2.51. The first-order chi connectivity index (χ1) is 19.8. The molecule has 0 spiro atoms. The standard InChI is InChI=1S/C31H54NO8P/c1-3-4-5-6-7-8-9-10-11-12-13-14-15-16-17-18-19-20-21-22-23-24-31(35)38-27-30(34)28-40-41(36,37)39-26-25-32-29(2)33/h7-8,10-11,13-14,16-17,30,34H,3-6,9,12,15,18-28H2,1-2H3,(H,32,33)(H,36,37)/b8-7-,11-10-,14-13-,17-16-. The Morgan fingerprint density at radius 1 is 0.780 bits per heavy atom. The van der Waals surface area contributed by atoms with E-state index in [1.54, 1.807) is 0 Å². The fraction of sp³-hybridized carbons (Fsp3) is 0.677. The van der Waals surface area contributed by atoms with Crippen LogP contribution in [0.1, 0.15) is 104 Å². The first-order valence-electron chi connectivity index (χ1n) is 15.1. The van der Waals surface area contributed by atoms with Crippen molar-refractivity contribution in [2.24, 2.45) is 0 Å². The molecule has 10 heteroatoms. The number of aliphatic hydroxyl groups is 1. The van der Waals surface area contributed by atoms with Gasteiger partial charge < -0.3 is 20.1 Å². The molecule has 0 rings (SSSR count). The van der Waals surface area contributed by atoms with Crippen LogP contribution in [-0.4, -0.2) is 54.3 Å². The molecule has 0 radical (unpaired) electrons. The van der Waals surface area contributed by atoms with Gasteiger partial charge in [0.25, 0.3) is 0 Å². The summed E-state index contributed by atoms with van der Waals surface area (Å²) < 4.78 is 26.0. The van der Waals surface area contributed by atoms with E-state index in [2.05, 4.69) is 69.9 Å². The average molecular weight is 600 g/mol. The normalized spacial score (nSPS) is 14.3. The van der Waals surface area contributed by atoms with Crippen LogP contribution in [0.25, 0.3) is 0 Å². The molecule has 9 nitrogen and oxygen atoms in total. The van der Waals surface area contributed by atoms with Gasteiger partial charge in [0.05, 0.1) is 13.2 Å². The second-order valence-electron chi connectivity index (χ2n) is 9.81. The van der Waals surface area contributed by atoms with Gasteiger partial charge in [-0.3, -0.25) is 18.6 Å². The Kier molecular flexibility index (Phi) is 26.7. The van der Waals surface area contributed by atoms with Crippen molar-refractivity contribution in [3.05, 3.63) is 48.6 Å². The summed E-state index contributed by atoms with van der Waals surface area (Å²) in [6.07, 6.45) is 30.8. The van der Waals surface area contributed by atoms with Gasteiger partial charge in [-0.25, -0.2) is 4.57 Å². The summed E-state index contributed by atoms with van der Waals surface area (Å²) in [7, 11) is -4.37. The Labute approximate surface area is 247 Å². The summed E-state index contributed by atoms with van der Waals surface area (Å²) in [5.74, 6) is -0.721. The summed E-state index contributed by atoms with van der Waals surface area (Å²) in [5.41, 5.74) is 0. The number of hydrogen-bond acceptors (Lipinski definition) is 7. The molecule has 236 valence electrons. The predicted molar refractivity (Wildman–Crippen MR) is 164 cm³/mol. The van der Waals surface area contributed by atoms with Crippen molar-refractivity contribution in [3.8, 4) is 0 Å². The lowest BCUT2D eigenvalue weighted by atomic mass is 10.1. The fourth-order valence-electron chi connectivity index (χ4n) is 3.54. The number of carbonyl (C=O) groups is 2. The first kappa shape index (κ1) is 39.0. The highest BCUT2D eigenvalue weighted by molar-refractivity contribution is 7.47. The van der Waals surface area contributed by atoms with Gasteiger partial charge >= 0.3 is 13.8 Å². The molecule has 0 aliphatic carbocycles. The number of carbonyl (C=O) groups excluding carboxylic acids is 2. The van der Waals surface area contributed by atoms with Crippen molar-refractivity contribution in [2.45, 2.75) is 110 Å². The van der Waals surface area contributed by atoms with Crippen molar-refractivity contribution < 1.29 is 37.9 Å². The number of ether oxygens (including phenoxy) is 1. The molecular formula is C31H54NO8P. The third-order valence-corrected chi connectivity index (χ3v) is 6.79. The smallest absolute Gasteiger partial charge is 0.463 e. The lowest BCUT2D eigenvalue weighted by Gasteiger charge is -2.15. The third kappa shape index (κ3) is 30.8. The van der Waals surface area contributed by atoms with Gasteiger partial charge in [-0.2, -0.15) is 0 Å². The summed E-state index contributed by atoms with van der Waals surface area (Å²) in [6, 6.07) is 0. The number of rotatable bonds is 27. The van der Waals surface area contributed by atoms with E-state index in [0.717, 1.165) is 51.4 Å². The van der Waals surface area contributed by atoms with Crippen molar-refractivity contribution in [1.82, 2.24) is 5.32 Å². The molecule has 0 aliphatic rings. The minimum atomic E-state index is -4.37. The predicted octanol–water partition coefficient (Wildman–Crippen LogP) is 6.87. The SMILES string of the molecule is CCCCC/C=C\C/C=C\C/C=C\C/C=C\CCCCCCCC(=O)OCC(O)COP(=O)(O)OCCNC(C)=O. The van der Waals surface area contributed by atoms with E-state index >= 15 is 0 Å². The number of nitrogens with one attached hydrogen (secondary N) is 1. The quantitative estimate of drug-likeness (QED) is 0.0404. The number of aliphatic hydroxyl groups excluding tert-OH is 1. The molecule has 2 unspecified atom stereocenters. The molecule has 0 aliphatic heterocycles. The minimum absolute atomic E-state index is 0.0504. The van der Waals surface area contributed by atoms with E-state index in [0.29, 0.717) is 6.42 Å². The zero-order chi connectivity index (χ0) is 30.4. The Hall–Kier alpha value is -2.03. The summed E-state index contributed by atoms with van der Waals surface area (Å²) in [4.78, 5) is 32.1. The van der Waals surface area contributed by atoms with Crippen LogP contribution < -0.4 is 5.32 Å². The lowest BCUT2D eigenvalue weighted by molar-refractivity contribution is -0.147. The van der Waals surface area contributed by atoms with E-state index in [1.807, 2.05) is 0 Å². The Morgan fingerprint density at radius 3 is 1.90 bits per heavy atom. The van der Waals surface area contributed by atoms with Gasteiger partial charge in [-0.05, 0) is 51.4 Å². The van der Waals surface area contributed by atoms with Gasteiger partial charge in [0.15, 0.2) is 0 Å². The highest BCUT2D eigenvalue weighted by atomic mass is 31.2. The second kappa shape index (κ2) is 28.1. The van der Waals surface area contributed by atoms with Crippen LogP contribution in [0.3, 0.4) is 0 Å². The molecule has 2 atom stereocenters. The maximum absolute atomic E-state index is 11.8. The van der Waals surface area contributed by atoms with E-state index in [1.165, 1.54) is 32.6 Å². The van der Waals surface area contributed by atoms with Crippen LogP contribution in [0.4, 0.5) is 0 Å². The van der Waals surface area contributed by atoms with Crippen molar-refractivity contribution in [2.75, 3.05) is 26.4 Å². The Bertz CT molecular complexity index is 825. The number of esters is 1. The van der Waals surface area contributed by atoms with Crippen LogP contribution in [0.5, 0.6) is 0 Å². The zero-order valence-electron chi connectivity index (χ0n) is 25.2. The highest BCUT2D eigenvalue weighted by Crippen LogP contribution is 2.42. The largest absolute Gasteiger partial charge is 0.472 e. The zero-order valence-corrected chi connectivity index (χ0v) is 26.1. The topological polar surface area (TPSA) is 131 Å². The average Bonchev–Trinajstić information content (AvgIpc) is 2.94. The number of unbranched alkanes of at least 4 members (excludes halogenated alkanes) is 8. The monoisotopic (exact) mass is 599 g/mol. The number of phosphoric ester groups is 1. The van der Waals surface area contributed by atoms with E-state index in [-0.39, 0.29) is 32.1 Å².